The van der Waals surface area contributed by atoms with E-state index in [1.807, 2.05) is 0 Å². The van der Waals surface area contributed by atoms with E-state index in [1.165, 1.54) is 4.90 Å². The largest absolute Gasteiger partial charge is 0.454 e. The summed E-state index contributed by atoms with van der Waals surface area (Å²) >= 11 is 0. The van der Waals surface area contributed by atoms with E-state index < -0.39 is 12.1 Å². The Labute approximate surface area is 139 Å². The molecule has 1 fully saturated rings. The molecule has 3 rings (SSSR count). The molecule has 0 spiro atoms. The van der Waals surface area contributed by atoms with Crippen molar-refractivity contribution in [2.24, 2.45) is 0 Å². The Morgan fingerprint density at radius 2 is 2.17 bits per heavy atom. The van der Waals surface area contributed by atoms with Crippen LogP contribution in [0.3, 0.4) is 0 Å². The zero-order chi connectivity index (χ0) is 17.1. The zero-order valence-corrected chi connectivity index (χ0v) is 13.5. The lowest BCUT2D eigenvalue weighted by molar-refractivity contribution is -0.157. The fourth-order valence-corrected chi connectivity index (χ4v) is 3.03. The van der Waals surface area contributed by atoms with E-state index >= 15 is 0 Å². The van der Waals surface area contributed by atoms with Gasteiger partial charge in [-0.1, -0.05) is 12.1 Å². The average Bonchev–Trinajstić information content (AvgIpc) is 3.04. The summed E-state index contributed by atoms with van der Waals surface area (Å²) in [7, 11) is 0. The summed E-state index contributed by atoms with van der Waals surface area (Å²) in [5.41, 5.74) is 1.18. The number of benzene rings is 1. The number of nitrogens with zero attached hydrogens (tertiary/aromatic N) is 1. The number of carbonyl (C=O) groups excluding carboxylic acids is 3. The van der Waals surface area contributed by atoms with Crippen LogP contribution in [0.2, 0.25) is 0 Å². The van der Waals surface area contributed by atoms with E-state index in [-0.39, 0.29) is 30.9 Å². The van der Waals surface area contributed by atoms with Crippen molar-refractivity contribution in [3.05, 3.63) is 24.3 Å². The first-order chi connectivity index (χ1) is 11.6. The molecule has 0 aromatic heterocycles. The molecule has 0 aliphatic carbocycles. The van der Waals surface area contributed by atoms with Crippen LogP contribution in [0.4, 0.5) is 11.4 Å². The van der Waals surface area contributed by atoms with Crippen molar-refractivity contribution in [1.29, 1.82) is 0 Å². The predicted molar refractivity (Wildman–Crippen MR) is 86.6 cm³/mol. The Morgan fingerprint density at radius 3 is 2.92 bits per heavy atom. The van der Waals surface area contributed by atoms with Gasteiger partial charge in [0.05, 0.1) is 11.4 Å². The summed E-state index contributed by atoms with van der Waals surface area (Å²) < 4.78 is 10.4. The Kier molecular flexibility index (Phi) is 4.80. The zero-order valence-electron chi connectivity index (χ0n) is 13.5. The normalized spacial score (nSPS) is 23.2. The van der Waals surface area contributed by atoms with Gasteiger partial charge in [-0.2, -0.15) is 0 Å². The van der Waals surface area contributed by atoms with E-state index in [0.29, 0.717) is 24.4 Å². The summed E-state index contributed by atoms with van der Waals surface area (Å²) in [5.74, 6) is -1.02. The van der Waals surface area contributed by atoms with Crippen LogP contribution in [0.25, 0.3) is 0 Å². The number of ether oxygens (including phenoxy) is 2. The molecule has 128 valence electrons. The summed E-state index contributed by atoms with van der Waals surface area (Å²) in [4.78, 5) is 37.9. The van der Waals surface area contributed by atoms with Crippen LogP contribution >= 0.6 is 0 Å². The van der Waals surface area contributed by atoms with Crippen molar-refractivity contribution in [3.8, 4) is 0 Å². The Hall–Kier alpha value is -2.41. The Bertz CT molecular complexity index is 654. The first kappa shape index (κ1) is 16.4. The third kappa shape index (κ3) is 3.41. The van der Waals surface area contributed by atoms with Gasteiger partial charge < -0.3 is 19.7 Å². The molecule has 7 heteroatoms. The molecule has 0 radical (unpaired) electrons. The summed E-state index contributed by atoms with van der Waals surface area (Å²) in [5, 5.41) is 2.79. The Balaban J connectivity index is 1.72. The van der Waals surface area contributed by atoms with Crippen molar-refractivity contribution >= 4 is 29.2 Å². The molecule has 1 N–H and O–H groups in total. The molecule has 2 aliphatic heterocycles. The Morgan fingerprint density at radius 1 is 1.38 bits per heavy atom. The summed E-state index contributed by atoms with van der Waals surface area (Å²) in [6, 6.07) is 6.75. The summed E-state index contributed by atoms with van der Waals surface area (Å²) in [6.45, 7) is 1.96. The van der Waals surface area contributed by atoms with Crippen LogP contribution in [0, 0.1) is 0 Å². The lowest BCUT2D eigenvalue weighted by atomic mass is 10.1. The van der Waals surface area contributed by atoms with Crippen LogP contribution in [0.1, 0.15) is 26.2 Å². The van der Waals surface area contributed by atoms with Crippen LogP contribution in [0.5, 0.6) is 0 Å². The maximum Gasteiger partial charge on any atom is 0.335 e. The second-order valence-corrected chi connectivity index (χ2v) is 5.99. The van der Waals surface area contributed by atoms with E-state index in [2.05, 4.69) is 5.32 Å². The fraction of sp³-hybridized carbons (Fsp3) is 0.471. The minimum Gasteiger partial charge on any atom is -0.454 e. The number of fused-ring (bicyclic) bond motifs is 1. The van der Waals surface area contributed by atoms with Crippen LogP contribution < -0.4 is 10.2 Å². The topological polar surface area (TPSA) is 84.9 Å². The molecule has 2 heterocycles. The fourth-order valence-electron chi connectivity index (χ4n) is 3.03. The molecule has 24 heavy (non-hydrogen) atoms. The first-order valence-corrected chi connectivity index (χ1v) is 8.05. The van der Waals surface area contributed by atoms with Crippen molar-refractivity contribution in [2.45, 2.75) is 38.3 Å². The van der Waals surface area contributed by atoms with E-state index in [1.54, 1.807) is 31.2 Å². The number of esters is 1. The van der Waals surface area contributed by atoms with Gasteiger partial charge in [-0.05, 0) is 31.9 Å². The van der Waals surface area contributed by atoms with E-state index in [9.17, 15) is 14.4 Å². The highest BCUT2D eigenvalue weighted by molar-refractivity contribution is 6.05. The van der Waals surface area contributed by atoms with Crippen LogP contribution in [0.15, 0.2) is 24.3 Å². The number of anilines is 2. The van der Waals surface area contributed by atoms with Gasteiger partial charge in [-0.15, -0.1) is 0 Å². The van der Waals surface area contributed by atoms with Crippen molar-refractivity contribution < 1.29 is 23.9 Å². The molecule has 1 aromatic carbocycles. The molecule has 0 bridgehead atoms. The van der Waals surface area contributed by atoms with Gasteiger partial charge in [0.25, 0.3) is 5.91 Å². The lowest BCUT2D eigenvalue weighted by Gasteiger charge is -2.27. The maximum atomic E-state index is 12.6. The maximum absolute atomic E-state index is 12.6. The molecule has 1 aromatic rings. The standard InChI is InChI=1S/C17H20N2O5/c1-11-9-15(20)18-12-5-2-3-6-13(12)19(11)16(21)10-24-17(22)14-7-4-8-23-14/h2-3,5-6,11,14H,4,7-10H2,1H3,(H,18,20)/t11-,14-/m1/s1. The van der Waals surface area contributed by atoms with Crippen LogP contribution in [-0.2, 0) is 23.9 Å². The third-order valence-electron chi connectivity index (χ3n) is 4.16. The molecule has 1 saturated heterocycles. The van der Waals surface area contributed by atoms with E-state index in [0.717, 1.165) is 6.42 Å². The quantitative estimate of drug-likeness (QED) is 0.847. The van der Waals surface area contributed by atoms with Crippen molar-refractivity contribution in [2.75, 3.05) is 23.4 Å². The summed E-state index contributed by atoms with van der Waals surface area (Å²) in [6.07, 6.45) is 1.04. The molecule has 7 nitrogen and oxygen atoms in total. The second kappa shape index (κ2) is 7.00. The van der Waals surface area contributed by atoms with Crippen molar-refractivity contribution in [1.82, 2.24) is 0 Å². The SMILES string of the molecule is C[C@@H]1CC(=O)Nc2ccccc2N1C(=O)COC(=O)[C@H]1CCCO1. The lowest BCUT2D eigenvalue weighted by Crippen LogP contribution is -2.42. The molecular weight excluding hydrogens is 312 g/mol. The molecule has 2 atom stereocenters. The van der Waals surface area contributed by atoms with Crippen molar-refractivity contribution in [3.63, 3.8) is 0 Å². The molecule has 2 amide bonds. The predicted octanol–water partition coefficient (Wildman–Crippen LogP) is 1.47. The number of para-hydroxylation sites is 2. The van der Waals surface area contributed by atoms with E-state index in [4.69, 9.17) is 9.47 Å². The monoisotopic (exact) mass is 332 g/mol. The van der Waals surface area contributed by atoms with Gasteiger partial charge in [0.2, 0.25) is 5.91 Å². The third-order valence-corrected chi connectivity index (χ3v) is 4.16. The number of carbonyl (C=O) groups is 3. The van der Waals surface area contributed by atoms with Gasteiger partial charge in [0.15, 0.2) is 12.7 Å². The number of nitrogens with one attached hydrogen (secondary N) is 1. The molecule has 2 aliphatic rings. The highest BCUT2D eigenvalue weighted by Crippen LogP contribution is 2.31. The molecule has 0 saturated carbocycles. The van der Waals surface area contributed by atoms with Crippen LogP contribution in [-0.4, -0.2) is 43.1 Å². The first-order valence-electron chi connectivity index (χ1n) is 8.05. The minimum atomic E-state index is -0.574. The number of rotatable bonds is 3. The highest BCUT2D eigenvalue weighted by atomic mass is 16.6. The smallest absolute Gasteiger partial charge is 0.335 e. The molecular formula is C17H20N2O5. The number of amides is 2. The van der Waals surface area contributed by atoms with Gasteiger partial charge in [-0.3, -0.25) is 9.59 Å². The second-order valence-electron chi connectivity index (χ2n) is 5.99. The van der Waals surface area contributed by atoms with Gasteiger partial charge in [0, 0.05) is 19.1 Å². The van der Waals surface area contributed by atoms with Gasteiger partial charge in [0.1, 0.15) is 0 Å². The number of hydrogen-bond acceptors (Lipinski definition) is 5. The number of hydrogen-bond donors (Lipinski definition) is 1. The highest BCUT2D eigenvalue weighted by Gasteiger charge is 2.31. The van der Waals surface area contributed by atoms with Gasteiger partial charge >= 0.3 is 5.97 Å². The van der Waals surface area contributed by atoms with Gasteiger partial charge in [-0.25, -0.2) is 4.79 Å². The molecule has 0 unspecified atom stereocenters. The average molecular weight is 332 g/mol. The minimum absolute atomic E-state index is 0.151.